The lowest BCUT2D eigenvalue weighted by Gasteiger charge is -2.12. The van der Waals surface area contributed by atoms with Crippen LogP contribution in [0.5, 0.6) is 5.88 Å². The normalized spacial score (nSPS) is 14.7. The summed E-state index contributed by atoms with van der Waals surface area (Å²) in [6, 6.07) is 14.6. The van der Waals surface area contributed by atoms with Crippen LogP contribution in [0.3, 0.4) is 0 Å². The van der Waals surface area contributed by atoms with Crippen LogP contribution in [0.2, 0.25) is 0 Å². The zero-order chi connectivity index (χ0) is 18.3. The summed E-state index contributed by atoms with van der Waals surface area (Å²) in [5.74, 6) is -0.251. The summed E-state index contributed by atoms with van der Waals surface area (Å²) in [7, 11) is 0. The number of hydrogen-bond donors (Lipinski definition) is 2. The molecule has 0 aliphatic heterocycles. The van der Waals surface area contributed by atoms with Gasteiger partial charge in [0.25, 0.3) is 5.56 Å². The lowest BCUT2D eigenvalue weighted by atomic mass is 9.91. The Labute approximate surface area is 162 Å². The molecule has 1 aromatic heterocycles. The van der Waals surface area contributed by atoms with Crippen LogP contribution in [0.1, 0.15) is 21.5 Å². The maximum Gasteiger partial charge on any atom is 0.275 e. The van der Waals surface area contributed by atoms with E-state index in [4.69, 9.17) is 0 Å². The number of nitrogens with zero attached hydrogens (tertiary/aromatic N) is 1. The van der Waals surface area contributed by atoms with Crippen LogP contribution in [0.15, 0.2) is 65.5 Å². The maximum absolute atomic E-state index is 12.4. The number of fused-ring (bicyclic) bond motifs is 1. The minimum absolute atomic E-state index is 0.0765. The predicted molar refractivity (Wildman–Crippen MR) is 109 cm³/mol. The quantitative estimate of drug-likeness (QED) is 0.577. The van der Waals surface area contributed by atoms with E-state index in [1.54, 1.807) is 24.3 Å². The molecule has 1 aliphatic rings. The molecule has 0 atom stereocenters. The Morgan fingerprint density at radius 1 is 0.962 bits per heavy atom. The van der Waals surface area contributed by atoms with Crippen LogP contribution < -0.4 is 5.56 Å². The van der Waals surface area contributed by atoms with E-state index in [0.717, 1.165) is 9.13 Å². The zero-order valence-electron chi connectivity index (χ0n) is 13.4. The number of aromatic nitrogens is 2. The number of hydrogen-bond acceptors (Lipinski definition) is 3. The topological polar surface area (TPSA) is 75.1 Å². The summed E-state index contributed by atoms with van der Waals surface area (Å²) >= 11 is 2.19. The standard InChI is InChI=1S/C20H13IN2O3/c21-13-6-8-14(9-7-13)23-20(26)17(19(25)22-23)11-12-5-10-18(24)16-4-2-1-3-15(12)16/h1-11,26H,(H,22,25). The zero-order valence-corrected chi connectivity index (χ0v) is 15.6. The Balaban J connectivity index is 1.84. The lowest BCUT2D eigenvalue weighted by Crippen LogP contribution is -2.07. The minimum atomic E-state index is -0.406. The number of benzene rings is 2. The molecule has 0 spiro atoms. The highest BCUT2D eigenvalue weighted by atomic mass is 127. The van der Waals surface area contributed by atoms with Crippen molar-refractivity contribution in [3.8, 4) is 11.6 Å². The Hall–Kier alpha value is -2.87. The Kier molecular flexibility index (Phi) is 4.12. The van der Waals surface area contributed by atoms with E-state index in [1.165, 1.54) is 10.8 Å². The van der Waals surface area contributed by atoms with Crippen molar-refractivity contribution >= 4 is 40.0 Å². The van der Waals surface area contributed by atoms with Gasteiger partial charge in [-0.15, -0.1) is 0 Å². The van der Waals surface area contributed by atoms with Gasteiger partial charge in [0.2, 0.25) is 5.88 Å². The second-order valence-electron chi connectivity index (χ2n) is 5.83. The molecular formula is C20H13IN2O3. The van der Waals surface area contributed by atoms with E-state index in [9.17, 15) is 14.7 Å². The monoisotopic (exact) mass is 456 g/mol. The van der Waals surface area contributed by atoms with Crippen LogP contribution in [0.25, 0.3) is 17.3 Å². The molecule has 2 aromatic carbocycles. The molecule has 0 bridgehead atoms. The van der Waals surface area contributed by atoms with Gasteiger partial charge in [0, 0.05) is 9.13 Å². The van der Waals surface area contributed by atoms with Crippen LogP contribution in [-0.2, 0) is 0 Å². The van der Waals surface area contributed by atoms with Crippen LogP contribution >= 0.6 is 22.6 Å². The highest BCUT2D eigenvalue weighted by molar-refractivity contribution is 14.1. The third-order valence-electron chi connectivity index (χ3n) is 4.21. The second kappa shape index (κ2) is 6.45. The lowest BCUT2D eigenvalue weighted by molar-refractivity contribution is 0.104. The van der Waals surface area contributed by atoms with Gasteiger partial charge in [0.1, 0.15) is 5.56 Å². The average molecular weight is 456 g/mol. The highest BCUT2D eigenvalue weighted by Crippen LogP contribution is 2.29. The summed E-state index contributed by atoms with van der Waals surface area (Å²) in [5, 5.41) is 13.2. The van der Waals surface area contributed by atoms with Gasteiger partial charge in [-0.05, 0) is 70.1 Å². The van der Waals surface area contributed by atoms with E-state index in [1.807, 2.05) is 36.4 Å². The van der Waals surface area contributed by atoms with Crippen LogP contribution in [0, 0.1) is 3.57 Å². The van der Waals surface area contributed by atoms with Crippen LogP contribution in [-0.4, -0.2) is 20.7 Å². The fourth-order valence-electron chi connectivity index (χ4n) is 2.92. The van der Waals surface area contributed by atoms with Gasteiger partial charge >= 0.3 is 0 Å². The largest absolute Gasteiger partial charge is 0.493 e. The van der Waals surface area contributed by atoms with E-state index < -0.39 is 5.56 Å². The summed E-state index contributed by atoms with van der Waals surface area (Å²) in [6.07, 6.45) is 4.72. The first kappa shape index (κ1) is 16.6. The van der Waals surface area contributed by atoms with Gasteiger partial charge in [0.15, 0.2) is 5.78 Å². The van der Waals surface area contributed by atoms with Gasteiger partial charge in [-0.3, -0.25) is 14.7 Å². The van der Waals surface area contributed by atoms with Crippen molar-refractivity contribution in [2.24, 2.45) is 0 Å². The van der Waals surface area contributed by atoms with Crippen molar-refractivity contribution in [2.75, 3.05) is 0 Å². The first-order chi connectivity index (χ1) is 12.5. The van der Waals surface area contributed by atoms with Crippen molar-refractivity contribution in [2.45, 2.75) is 0 Å². The maximum atomic E-state index is 12.4. The molecule has 2 N–H and O–H groups in total. The molecular weight excluding hydrogens is 443 g/mol. The molecule has 5 nitrogen and oxygen atoms in total. The molecule has 0 saturated heterocycles. The number of aromatic amines is 1. The molecule has 4 rings (SSSR count). The van der Waals surface area contributed by atoms with Crippen molar-refractivity contribution in [3.63, 3.8) is 0 Å². The molecule has 6 heteroatoms. The minimum Gasteiger partial charge on any atom is -0.493 e. The Morgan fingerprint density at radius 3 is 2.38 bits per heavy atom. The SMILES string of the molecule is O=C1C=CC(=Cc2c(O)n(-c3ccc(I)cc3)[nH]c2=O)c2ccccc21. The van der Waals surface area contributed by atoms with E-state index in [-0.39, 0.29) is 17.2 Å². The molecule has 3 aromatic rings. The smallest absolute Gasteiger partial charge is 0.275 e. The van der Waals surface area contributed by atoms with Crippen molar-refractivity contribution in [1.82, 2.24) is 9.78 Å². The second-order valence-corrected chi connectivity index (χ2v) is 7.08. The summed E-state index contributed by atoms with van der Waals surface area (Å²) in [6.45, 7) is 0. The van der Waals surface area contributed by atoms with E-state index in [2.05, 4.69) is 27.7 Å². The van der Waals surface area contributed by atoms with Gasteiger partial charge in [-0.25, -0.2) is 4.68 Å². The van der Waals surface area contributed by atoms with Crippen molar-refractivity contribution in [1.29, 1.82) is 0 Å². The number of carbonyl (C=O) groups excluding carboxylic acids is 1. The number of H-pyrrole nitrogens is 1. The number of nitrogens with one attached hydrogen (secondary N) is 1. The van der Waals surface area contributed by atoms with E-state index in [0.29, 0.717) is 16.8 Å². The Bertz CT molecular complexity index is 1130. The number of halogens is 1. The number of ketones is 1. The molecule has 0 unspecified atom stereocenters. The fourth-order valence-corrected chi connectivity index (χ4v) is 3.28. The summed E-state index contributed by atoms with van der Waals surface area (Å²) < 4.78 is 2.39. The molecule has 0 amide bonds. The molecule has 1 aliphatic carbocycles. The molecule has 0 fully saturated rings. The van der Waals surface area contributed by atoms with Gasteiger partial charge in [-0.2, -0.15) is 0 Å². The van der Waals surface area contributed by atoms with Gasteiger partial charge < -0.3 is 5.11 Å². The predicted octanol–water partition coefficient (Wildman–Crippen LogP) is 3.77. The summed E-state index contributed by atoms with van der Waals surface area (Å²) in [4.78, 5) is 24.4. The molecule has 128 valence electrons. The van der Waals surface area contributed by atoms with Gasteiger partial charge in [0.05, 0.1) is 5.69 Å². The molecule has 0 saturated carbocycles. The number of allylic oxidation sites excluding steroid dienone is 3. The molecule has 1 heterocycles. The fraction of sp³-hybridized carbons (Fsp3) is 0. The third kappa shape index (κ3) is 2.82. The molecule has 26 heavy (non-hydrogen) atoms. The third-order valence-corrected chi connectivity index (χ3v) is 4.93. The van der Waals surface area contributed by atoms with Gasteiger partial charge in [-0.1, -0.05) is 30.3 Å². The average Bonchev–Trinajstić information content (AvgIpc) is 2.93. The van der Waals surface area contributed by atoms with Crippen molar-refractivity contribution in [3.05, 3.63) is 91.3 Å². The first-order valence-corrected chi connectivity index (χ1v) is 8.96. The number of carbonyl (C=O) groups is 1. The summed E-state index contributed by atoms with van der Waals surface area (Å²) in [5.41, 5.74) is 2.40. The van der Waals surface area contributed by atoms with E-state index >= 15 is 0 Å². The highest BCUT2D eigenvalue weighted by Gasteiger charge is 2.18. The first-order valence-electron chi connectivity index (χ1n) is 7.88. The van der Waals surface area contributed by atoms with Crippen LogP contribution in [0.4, 0.5) is 0 Å². The Morgan fingerprint density at radius 2 is 1.65 bits per heavy atom. The molecule has 0 radical (unpaired) electrons. The van der Waals surface area contributed by atoms with Crippen molar-refractivity contribution < 1.29 is 9.90 Å². The number of rotatable bonds is 2. The number of aromatic hydroxyl groups is 1.